The van der Waals surface area contributed by atoms with E-state index < -0.39 is 28.0 Å². The third-order valence-corrected chi connectivity index (χ3v) is 5.67. The van der Waals surface area contributed by atoms with Crippen LogP contribution in [0.1, 0.15) is 35.6 Å². The van der Waals surface area contributed by atoms with Gasteiger partial charge >= 0.3 is 5.97 Å². The number of sulfonamides is 1. The number of rotatable bonds is 7. The molecule has 0 saturated carbocycles. The number of aromatic nitrogens is 2. The molecule has 2 aromatic rings. The molecule has 28 heavy (non-hydrogen) atoms. The number of anilines is 1. The largest absolute Gasteiger partial charge is 0.449 e. The molecule has 0 aliphatic heterocycles. The number of carbonyl (C=O) groups is 2. The van der Waals surface area contributed by atoms with Gasteiger partial charge in [-0.25, -0.2) is 17.9 Å². The summed E-state index contributed by atoms with van der Waals surface area (Å²) in [6, 6.07) is 5.44. The summed E-state index contributed by atoms with van der Waals surface area (Å²) >= 11 is 0. The minimum atomic E-state index is -3.71. The summed E-state index contributed by atoms with van der Waals surface area (Å²) in [5.41, 5.74) is 2.01. The van der Waals surface area contributed by atoms with Crippen LogP contribution in [0.4, 0.5) is 5.69 Å². The van der Waals surface area contributed by atoms with Crippen LogP contribution >= 0.6 is 0 Å². The Morgan fingerprint density at radius 1 is 1.29 bits per heavy atom. The lowest BCUT2D eigenvalue weighted by atomic mass is 10.2. The van der Waals surface area contributed by atoms with Gasteiger partial charge in [0.25, 0.3) is 5.91 Å². The number of benzene rings is 1. The molecule has 2 N–H and O–H groups in total. The number of nitrogens with one attached hydrogen (secondary N) is 2. The highest BCUT2D eigenvalue weighted by molar-refractivity contribution is 7.89. The van der Waals surface area contributed by atoms with E-state index in [1.807, 2.05) is 6.92 Å². The number of carbonyl (C=O) groups excluding carboxylic acids is 2. The van der Waals surface area contributed by atoms with Crippen LogP contribution in [0.2, 0.25) is 0 Å². The molecule has 0 spiro atoms. The van der Waals surface area contributed by atoms with Gasteiger partial charge in [-0.05, 0) is 39.0 Å². The van der Waals surface area contributed by atoms with Crippen molar-refractivity contribution in [3.63, 3.8) is 0 Å². The van der Waals surface area contributed by atoms with E-state index in [4.69, 9.17) is 4.74 Å². The fourth-order valence-electron chi connectivity index (χ4n) is 2.53. The summed E-state index contributed by atoms with van der Waals surface area (Å²) in [4.78, 5) is 24.7. The monoisotopic (exact) mass is 408 g/mol. The van der Waals surface area contributed by atoms with Gasteiger partial charge in [0.05, 0.1) is 27.5 Å². The standard InChI is InChI=1S/C18H24N4O5S/c1-6-19-28(25,26)15-9-7-8-14(10-15)18(24)27-13(4)17(23)20-16-11(2)21-22(5)12(16)3/h7-10,13,19H,6H2,1-5H3,(H,20,23). The van der Waals surface area contributed by atoms with Crippen LogP contribution in [-0.4, -0.2) is 42.7 Å². The highest BCUT2D eigenvalue weighted by atomic mass is 32.2. The van der Waals surface area contributed by atoms with Crippen LogP contribution in [0.5, 0.6) is 0 Å². The van der Waals surface area contributed by atoms with Crippen molar-refractivity contribution in [2.45, 2.75) is 38.7 Å². The lowest BCUT2D eigenvalue weighted by Gasteiger charge is -2.14. The molecule has 1 heterocycles. The maximum atomic E-state index is 12.4. The average molecular weight is 408 g/mol. The number of esters is 1. The fourth-order valence-corrected chi connectivity index (χ4v) is 3.61. The Balaban J connectivity index is 2.11. The number of ether oxygens (including phenoxy) is 1. The van der Waals surface area contributed by atoms with E-state index in [2.05, 4.69) is 15.1 Å². The van der Waals surface area contributed by atoms with Gasteiger partial charge in [-0.1, -0.05) is 13.0 Å². The molecule has 9 nitrogen and oxygen atoms in total. The third-order valence-electron chi connectivity index (χ3n) is 4.12. The molecule has 0 fully saturated rings. The van der Waals surface area contributed by atoms with Crippen molar-refractivity contribution >= 4 is 27.6 Å². The topological polar surface area (TPSA) is 119 Å². The number of hydrogen-bond donors (Lipinski definition) is 2. The minimum absolute atomic E-state index is 0.0346. The molecule has 1 unspecified atom stereocenters. The summed E-state index contributed by atoms with van der Waals surface area (Å²) in [5.74, 6) is -1.31. The molecule has 0 aliphatic carbocycles. The van der Waals surface area contributed by atoms with Crippen LogP contribution in [0.3, 0.4) is 0 Å². The summed E-state index contributed by atoms with van der Waals surface area (Å²) in [7, 11) is -1.95. The average Bonchev–Trinajstić information content (AvgIpc) is 2.87. The van der Waals surface area contributed by atoms with E-state index in [9.17, 15) is 18.0 Å². The molecule has 0 aliphatic rings. The number of nitrogens with zero attached hydrogens (tertiary/aromatic N) is 2. The van der Waals surface area contributed by atoms with E-state index in [0.29, 0.717) is 11.4 Å². The van der Waals surface area contributed by atoms with Gasteiger partial charge in [0, 0.05) is 13.6 Å². The van der Waals surface area contributed by atoms with E-state index in [1.54, 1.807) is 25.6 Å². The van der Waals surface area contributed by atoms with Gasteiger partial charge in [-0.2, -0.15) is 5.10 Å². The van der Waals surface area contributed by atoms with Gasteiger partial charge in [-0.3, -0.25) is 9.48 Å². The maximum absolute atomic E-state index is 12.4. The third kappa shape index (κ3) is 4.76. The Kier molecular flexibility index (Phi) is 6.57. The zero-order chi connectivity index (χ0) is 21.1. The van der Waals surface area contributed by atoms with Gasteiger partial charge < -0.3 is 10.1 Å². The second kappa shape index (κ2) is 8.53. The molecule has 0 bridgehead atoms. The second-order valence-electron chi connectivity index (χ2n) is 6.24. The number of amides is 1. The molecule has 0 saturated heterocycles. The summed E-state index contributed by atoms with van der Waals surface area (Å²) in [6.45, 7) is 6.88. The summed E-state index contributed by atoms with van der Waals surface area (Å²) < 4.78 is 33.3. The smallest absolute Gasteiger partial charge is 0.338 e. The molecule has 1 atom stereocenters. The van der Waals surface area contributed by atoms with Gasteiger partial charge in [0.1, 0.15) is 0 Å². The first-order valence-electron chi connectivity index (χ1n) is 8.68. The van der Waals surface area contributed by atoms with Crippen LogP contribution in [0.25, 0.3) is 0 Å². The summed E-state index contributed by atoms with van der Waals surface area (Å²) in [6.07, 6.45) is -1.08. The quantitative estimate of drug-likeness (QED) is 0.671. The Morgan fingerprint density at radius 3 is 2.54 bits per heavy atom. The number of aryl methyl sites for hydroxylation is 2. The second-order valence-corrected chi connectivity index (χ2v) is 8.00. The lowest BCUT2D eigenvalue weighted by molar-refractivity contribution is -0.123. The van der Waals surface area contributed by atoms with Crippen molar-refractivity contribution in [1.29, 1.82) is 0 Å². The van der Waals surface area contributed by atoms with Crippen LogP contribution in [0, 0.1) is 13.8 Å². The van der Waals surface area contributed by atoms with E-state index in [0.717, 1.165) is 5.69 Å². The molecule has 2 rings (SSSR count). The zero-order valence-electron chi connectivity index (χ0n) is 16.4. The Bertz CT molecular complexity index is 997. The zero-order valence-corrected chi connectivity index (χ0v) is 17.3. The molecule has 152 valence electrons. The normalized spacial score (nSPS) is 12.5. The molecule has 1 aromatic heterocycles. The summed E-state index contributed by atoms with van der Waals surface area (Å²) in [5, 5.41) is 6.91. The van der Waals surface area contributed by atoms with Gasteiger partial charge in [0.2, 0.25) is 10.0 Å². The first kappa shape index (κ1) is 21.6. The fraction of sp³-hybridized carbons (Fsp3) is 0.389. The van der Waals surface area contributed by atoms with Gasteiger partial charge in [0.15, 0.2) is 6.10 Å². The molecule has 1 aromatic carbocycles. The molecular formula is C18H24N4O5S. The van der Waals surface area contributed by atoms with Crippen molar-refractivity contribution in [3.05, 3.63) is 41.2 Å². The molecule has 1 amide bonds. The van der Waals surface area contributed by atoms with Crippen molar-refractivity contribution in [2.75, 3.05) is 11.9 Å². The predicted molar refractivity (Wildman–Crippen MR) is 103 cm³/mol. The molecular weight excluding hydrogens is 384 g/mol. The van der Waals surface area contributed by atoms with Crippen LogP contribution in [-0.2, 0) is 26.6 Å². The molecule has 0 radical (unpaired) electrons. The minimum Gasteiger partial charge on any atom is -0.449 e. The lowest BCUT2D eigenvalue weighted by Crippen LogP contribution is -2.30. The van der Waals surface area contributed by atoms with Gasteiger partial charge in [-0.15, -0.1) is 0 Å². The Labute approximate surface area is 164 Å². The van der Waals surface area contributed by atoms with E-state index >= 15 is 0 Å². The van der Waals surface area contributed by atoms with Crippen LogP contribution in [0.15, 0.2) is 29.2 Å². The number of hydrogen-bond acceptors (Lipinski definition) is 6. The van der Waals surface area contributed by atoms with Crippen molar-refractivity contribution in [3.8, 4) is 0 Å². The van der Waals surface area contributed by atoms with Crippen molar-refractivity contribution in [2.24, 2.45) is 7.05 Å². The molecule has 10 heteroatoms. The van der Waals surface area contributed by atoms with Crippen molar-refractivity contribution < 1.29 is 22.7 Å². The highest BCUT2D eigenvalue weighted by Crippen LogP contribution is 2.19. The van der Waals surface area contributed by atoms with Crippen molar-refractivity contribution in [1.82, 2.24) is 14.5 Å². The van der Waals surface area contributed by atoms with Crippen LogP contribution < -0.4 is 10.0 Å². The SMILES string of the molecule is CCNS(=O)(=O)c1cccc(C(=O)OC(C)C(=O)Nc2c(C)nn(C)c2C)c1. The Morgan fingerprint density at radius 2 is 1.96 bits per heavy atom. The van der Waals surface area contributed by atoms with E-state index in [-0.39, 0.29) is 17.0 Å². The predicted octanol–water partition coefficient (Wildman–Crippen LogP) is 1.52. The highest BCUT2D eigenvalue weighted by Gasteiger charge is 2.22. The Hall–Kier alpha value is -2.72. The maximum Gasteiger partial charge on any atom is 0.338 e. The van der Waals surface area contributed by atoms with E-state index in [1.165, 1.54) is 31.2 Å². The first-order chi connectivity index (χ1) is 13.1. The first-order valence-corrected chi connectivity index (χ1v) is 10.2.